The Kier molecular flexibility index (Phi) is 5.20. The zero-order chi connectivity index (χ0) is 15.4. The number of nitrogens with zero attached hydrogens (tertiary/aromatic N) is 2. The molecule has 1 saturated heterocycles. The molecule has 1 aliphatic rings. The first-order chi connectivity index (χ1) is 10.0. The molecule has 1 fully saturated rings. The van der Waals surface area contributed by atoms with E-state index >= 15 is 0 Å². The standard InChI is InChI=1S/C16H24N2O3/c1-12(14-5-4-6-15(11-14)21-3)17-7-9-18(10-8-17)13(2)16(19)20/h4-6,11-13H,7-10H2,1-3H3,(H,19,20)/t12-,13+/m0/s1. The van der Waals surface area contributed by atoms with E-state index in [1.54, 1.807) is 14.0 Å². The molecule has 1 aromatic rings. The van der Waals surface area contributed by atoms with E-state index in [-0.39, 0.29) is 0 Å². The molecule has 1 aliphatic heterocycles. The lowest BCUT2D eigenvalue weighted by Gasteiger charge is -2.39. The van der Waals surface area contributed by atoms with Crippen LogP contribution in [0.1, 0.15) is 25.5 Å². The van der Waals surface area contributed by atoms with Gasteiger partial charge in [-0.05, 0) is 31.5 Å². The molecule has 0 unspecified atom stereocenters. The number of ether oxygens (including phenoxy) is 1. The van der Waals surface area contributed by atoms with Crippen LogP contribution < -0.4 is 4.74 Å². The molecule has 1 heterocycles. The highest BCUT2D eigenvalue weighted by Gasteiger charge is 2.27. The van der Waals surface area contributed by atoms with Gasteiger partial charge in [0.1, 0.15) is 11.8 Å². The van der Waals surface area contributed by atoms with Crippen molar-refractivity contribution in [1.29, 1.82) is 0 Å². The molecule has 0 bridgehead atoms. The Bertz CT molecular complexity index is 484. The van der Waals surface area contributed by atoms with Gasteiger partial charge in [0.15, 0.2) is 0 Å². The van der Waals surface area contributed by atoms with Crippen LogP contribution in [0.2, 0.25) is 0 Å². The van der Waals surface area contributed by atoms with E-state index in [0.29, 0.717) is 6.04 Å². The van der Waals surface area contributed by atoms with E-state index in [1.807, 2.05) is 17.0 Å². The lowest BCUT2D eigenvalue weighted by molar-refractivity contribution is -0.143. The van der Waals surface area contributed by atoms with Crippen molar-refractivity contribution in [3.05, 3.63) is 29.8 Å². The molecule has 1 N–H and O–H groups in total. The van der Waals surface area contributed by atoms with E-state index < -0.39 is 12.0 Å². The Morgan fingerprint density at radius 3 is 2.38 bits per heavy atom. The van der Waals surface area contributed by atoms with Crippen LogP contribution in [0, 0.1) is 0 Å². The molecule has 0 amide bonds. The van der Waals surface area contributed by atoms with Gasteiger partial charge in [0.2, 0.25) is 0 Å². The predicted molar refractivity (Wildman–Crippen MR) is 81.7 cm³/mol. The maximum atomic E-state index is 11.0. The van der Waals surface area contributed by atoms with Crippen LogP contribution in [0.3, 0.4) is 0 Å². The van der Waals surface area contributed by atoms with Gasteiger partial charge in [0.25, 0.3) is 0 Å². The molecule has 0 aliphatic carbocycles. The van der Waals surface area contributed by atoms with E-state index in [1.165, 1.54) is 5.56 Å². The molecule has 1 aromatic carbocycles. The Hall–Kier alpha value is -1.59. The van der Waals surface area contributed by atoms with Crippen molar-refractivity contribution in [2.75, 3.05) is 33.3 Å². The summed E-state index contributed by atoms with van der Waals surface area (Å²) in [5, 5.41) is 9.08. The van der Waals surface area contributed by atoms with Gasteiger partial charge in [-0.25, -0.2) is 0 Å². The average Bonchev–Trinajstić information content (AvgIpc) is 2.53. The SMILES string of the molecule is COc1cccc([C@H](C)N2CCN([C@H](C)C(=O)O)CC2)c1. The molecule has 5 nitrogen and oxygen atoms in total. The summed E-state index contributed by atoms with van der Waals surface area (Å²) in [6.45, 7) is 7.30. The zero-order valence-corrected chi connectivity index (χ0v) is 13.0. The Labute approximate surface area is 126 Å². The van der Waals surface area contributed by atoms with Gasteiger partial charge in [0.05, 0.1) is 7.11 Å². The number of piperazine rings is 1. The lowest BCUT2D eigenvalue weighted by Crippen LogP contribution is -2.52. The Balaban J connectivity index is 1.96. The van der Waals surface area contributed by atoms with Crippen LogP contribution in [-0.4, -0.2) is 60.2 Å². The number of hydrogen-bond donors (Lipinski definition) is 1. The molecule has 116 valence electrons. The van der Waals surface area contributed by atoms with Crippen LogP contribution in [0.4, 0.5) is 0 Å². The van der Waals surface area contributed by atoms with Crippen molar-refractivity contribution in [3.63, 3.8) is 0 Å². The number of carboxylic acids is 1. The predicted octanol–water partition coefficient (Wildman–Crippen LogP) is 1.85. The number of aliphatic carboxylic acids is 1. The highest BCUT2D eigenvalue weighted by atomic mass is 16.5. The van der Waals surface area contributed by atoms with Gasteiger partial charge >= 0.3 is 5.97 Å². The van der Waals surface area contributed by atoms with Gasteiger partial charge in [-0.1, -0.05) is 12.1 Å². The third-order valence-corrected chi connectivity index (χ3v) is 4.38. The number of carbonyl (C=O) groups is 1. The lowest BCUT2D eigenvalue weighted by atomic mass is 10.1. The normalized spacial score (nSPS) is 20.0. The van der Waals surface area contributed by atoms with Crippen LogP contribution in [-0.2, 0) is 4.79 Å². The minimum Gasteiger partial charge on any atom is -0.497 e. The summed E-state index contributed by atoms with van der Waals surface area (Å²) in [4.78, 5) is 15.5. The minimum atomic E-state index is -0.746. The highest BCUT2D eigenvalue weighted by Crippen LogP contribution is 2.25. The second-order valence-corrected chi connectivity index (χ2v) is 5.54. The molecule has 2 rings (SSSR count). The smallest absolute Gasteiger partial charge is 0.320 e. The summed E-state index contributed by atoms with van der Waals surface area (Å²) in [7, 11) is 1.68. The van der Waals surface area contributed by atoms with Gasteiger partial charge in [0, 0.05) is 32.2 Å². The minimum absolute atomic E-state index is 0.308. The van der Waals surface area contributed by atoms with E-state index in [0.717, 1.165) is 31.9 Å². The number of methoxy groups -OCH3 is 1. The van der Waals surface area contributed by atoms with Crippen LogP contribution in [0.25, 0.3) is 0 Å². The second-order valence-electron chi connectivity index (χ2n) is 5.54. The summed E-state index contributed by atoms with van der Waals surface area (Å²) in [6.07, 6.45) is 0. The molecule has 0 spiro atoms. The van der Waals surface area contributed by atoms with Gasteiger partial charge in [-0.2, -0.15) is 0 Å². The third kappa shape index (κ3) is 3.74. The molecule has 5 heteroatoms. The zero-order valence-electron chi connectivity index (χ0n) is 13.0. The quantitative estimate of drug-likeness (QED) is 0.897. The fourth-order valence-electron chi connectivity index (χ4n) is 2.78. The molecule has 2 atom stereocenters. The molecule has 0 radical (unpaired) electrons. The van der Waals surface area contributed by atoms with Crippen molar-refractivity contribution >= 4 is 5.97 Å². The number of benzene rings is 1. The van der Waals surface area contributed by atoms with Crippen molar-refractivity contribution in [3.8, 4) is 5.75 Å². The number of hydrogen-bond acceptors (Lipinski definition) is 4. The maximum Gasteiger partial charge on any atom is 0.320 e. The van der Waals surface area contributed by atoms with Gasteiger partial charge in [-0.15, -0.1) is 0 Å². The summed E-state index contributed by atoms with van der Waals surface area (Å²) in [5.41, 5.74) is 1.23. The summed E-state index contributed by atoms with van der Waals surface area (Å²) < 4.78 is 5.28. The first-order valence-corrected chi connectivity index (χ1v) is 7.37. The monoisotopic (exact) mass is 292 g/mol. The van der Waals surface area contributed by atoms with E-state index in [9.17, 15) is 4.79 Å². The molecule has 21 heavy (non-hydrogen) atoms. The Morgan fingerprint density at radius 1 is 1.19 bits per heavy atom. The summed E-state index contributed by atoms with van der Waals surface area (Å²) in [5.74, 6) is 0.127. The van der Waals surface area contributed by atoms with Crippen LogP contribution in [0.15, 0.2) is 24.3 Å². The van der Waals surface area contributed by atoms with Crippen molar-refractivity contribution < 1.29 is 14.6 Å². The molecular weight excluding hydrogens is 268 g/mol. The van der Waals surface area contributed by atoms with Crippen LogP contribution in [0.5, 0.6) is 5.75 Å². The summed E-state index contributed by atoms with van der Waals surface area (Å²) >= 11 is 0. The van der Waals surface area contributed by atoms with Crippen molar-refractivity contribution in [2.24, 2.45) is 0 Å². The maximum absolute atomic E-state index is 11.0. The largest absolute Gasteiger partial charge is 0.497 e. The molecule has 0 saturated carbocycles. The van der Waals surface area contributed by atoms with E-state index in [4.69, 9.17) is 9.84 Å². The fourth-order valence-corrected chi connectivity index (χ4v) is 2.78. The van der Waals surface area contributed by atoms with Crippen molar-refractivity contribution in [1.82, 2.24) is 9.80 Å². The first-order valence-electron chi connectivity index (χ1n) is 7.37. The first kappa shape index (κ1) is 15.8. The van der Waals surface area contributed by atoms with Crippen LogP contribution >= 0.6 is 0 Å². The topological polar surface area (TPSA) is 53.0 Å². The van der Waals surface area contributed by atoms with E-state index in [2.05, 4.69) is 24.0 Å². The average molecular weight is 292 g/mol. The van der Waals surface area contributed by atoms with Crippen molar-refractivity contribution in [2.45, 2.75) is 25.9 Å². The molecule has 0 aromatic heterocycles. The van der Waals surface area contributed by atoms with Gasteiger partial charge in [-0.3, -0.25) is 14.6 Å². The molecular formula is C16H24N2O3. The summed E-state index contributed by atoms with van der Waals surface area (Å²) in [6, 6.07) is 8.04. The number of carboxylic acid groups (broad SMARTS) is 1. The number of rotatable bonds is 5. The fraction of sp³-hybridized carbons (Fsp3) is 0.562. The highest BCUT2D eigenvalue weighted by molar-refractivity contribution is 5.72. The Morgan fingerprint density at radius 2 is 1.81 bits per heavy atom. The third-order valence-electron chi connectivity index (χ3n) is 4.38. The second kappa shape index (κ2) is 6.91. The van der Waals surface area contributed by atoms with Gasteiger partial charge < -0.3 is 9.84 Å².